The summed E-state index contributed by atoms with van der Waals surface area (Å²) in [4.78, 5) is 32.4. The van der Waals surface area contributed by atoms with E-state index >= 15 is 0 Å². The second-order valence-corrected chi connectivity index (χ2v) is 8.17. The Morgan fingerprint density at radius 1 is 1.09 bits per heavy atom. The fourth-order valence-corrected chi connectivity index (χ4v) is 4.20. The number of carbonyl (C=O) groups is 1. The van der Waals surface area contributed by atoms with E-state index in [2.05, 4.69) is 30.4 Å². The number of para-hydroxylation sites is 1. The lowest BCUT2D eigenvalue weighted by Crippen LogP contribution is -2.23. The van der Waals surface area contributed by atoms with Gasteiger partial charge in [-0.25, -0.2) is 15.4 Å². The van der Waals surface area contributed by atoms with Gasteiger partial charge in [-0.2, -0.15) is 10.1 Å². The molecular weight excluding hydrogens is 452 g/mol. The summed E-state index contributed by atoms with van der Waals surface area (Å²) in [6.45, 7) is 1.70. The molecule has 1 aliphatic heterocycles. The predicted octanol–water partition coefficient (Wildman–Crippen LogP) is 3.69. The number of hydrogen-bond donors (Lipinski definition) is 2. The van der Waals surface area contributed by atoms with E-state index in [1.54, 1.807) is 18.5 Å². The monoisotopic (exact) mass is 472 g/mol. The van der Waals surface area contributed by atoms with Crippen LogP contribution in [0.5, 0.6) is 0 Å². The predicted molar refractivity (Wildman–Crippen MR) is 133 cm³/mol. The van der Waals surface area contributed by atoms with Crippen LogP contribution in [0.3, 0.4) is 0 Å². The fourth-order valence-electron chi connectivity index (χ4n) is 3.98. The molecule has 0 bridgehead atoms. The Bertz CT molecular complexity index is 1390. The van der Waals surface area contributed by atoms with Crippen molar-refractivity contribution < 1.29 is 4.79 Å². The first-order chi connectivity index (χ1) is 16.6. The van der Waals surface area contributed by atoms with Gasteiger partial charge in [-0.1, -0.05) is 29.8 Å². The van der Waals surface area contributed by atoms with Gasteiger partial charge >= 0.3 is 0 Å². The van der Waals surface area contributed by atoms with Crippen LogP contribution in [-0.2, 0) is 0 Å². The van der Waals surface area contributed by atoms with Gasteiger partial charge in [0.2, 0.25) is 5.95 Å². The number of fused-ring (bicyclic) bond motifs is 1. The molecular formula is C24H21ClN8O. The molecule has 1 fully saturated rings. The van der Waals surface area contributed by atoms with E-state index in [0.29, 0.717) is 28.2 Å². The first-order valence-electron chi connectivity index (χ1n) is 10.8. The SMILES string of the molecule is Nc1nc(Cl)c(/C=N/NC(=O)c2cc(-c3ccncc3)nc3ccccc23)c(N2CCCC2)n1. The molecule has 0 saturated carbocycles. The maximum atomic E-state index is 13.2. The van der Waals surface area contributed by atoms with Gasteiger partial charge in [0.05, 0.1) is 28.6 Å². The minimum absolute atomic E-state index is 0.0972. The highest BCUT2D eigenvalue weighted by Crippen LogP contribution is 2.27. The second-order valence-electron chi connectivity index (χ2n) is 7.81. The summed E-state index contributed by atoms with van der Waals surface area (Å²) in [5.41, 5.74) is 11.6. The zero-order valence-electron chi connectivity index (χ0n) is 18.1. The molecule has 1 amide bonds. The van der Waals surface area contributed by atoms with Crippen LogP contribution in [0, 0.1) is 0 Å². The van der Waals surface area contributed by atoms with Gasteiger partial charge in [-0.3, -0.25) is 9.78 Å². The van der Waals surface area contributed by atoms with Gasteiger partial charge in [0.25, 0.3) is 5.91 Å². The van der Waals surface area contributed by atoms with Crippen molar-refractivity contribution in [3.8, 4) is 11.3 Å². The number of hydrazone groups is 1. The van der Waals surface area contributed by atoms with E-state index in [1.165, 1.54) is 6.21 Å². The molecule has 170 valence electrons. The number of nitrogens with one attached hydrogen (secondary N) is 1. The highest BCUT2D eigenvalue weighted by Gasteiger charge is 2.20. The van der Waals surface area contributed by atoms with Crippen molar-refractivity contribution >= 4 is 46.4 Å². The molecule has 34 heavy (non-hydrogen) atoms. The van der Waals surface area contributed by atoms with Gasteiger partial charge in [0.1, 0.15) is 11.0 Å². The van der Waals surface area contributed by atoms with Crippen molar-refractivity contribution in [3.63, 3.8) is 0 Å². The maximum absolute atomic E-state index is 13.2. The normalized spacial score (nSPS) is 13.6. The van der Waals surface area contributed by atoms with Crippen LogP contribution in [-0.4, -0.2) is 45.1 Å². The lowest BCUT2D eigenvalue weighted by Gasteiger charge is -2.19. The third-order valence-electron chi connectivity index (χ3n) is 5.60. The van der Waals surface area contributed by atoms with Crippen LogP contribution in [0.1, 0.15) is 28.8 Å². The number of nitrogens with two attached hydrogens (primary N) is 1. The zero-order valence-corrected chi connectivity index (χ0v) is 18.9. The van der Waals surface area contributed by atoms with Gasteiger partial charge in [0, 0.05) is 36.4 Å². The van der Waals surface area contributed by atoms with Gasteiger partial charge in [-0.15, -0.1) is 0 Å². The van der Waals surface area contributed by atoms with Crippen LogP contribution in [0.2, 0.25) is 5.15 Å². The molecule has 0 aliphatic carbocycles. The summed E-state index contributed by atoms with van der Waals surface area (Å²) in [5.74, 6) is 0.336. The first kappa shape index (κ1) is 21.7. The summed E-state index contributed by atoms with van der Waals surface area (Å²) in [7, 11) is 0. The molecule has 0 radical (unpaired) electrons. The van der Waals surface area contributed by atoms with E-state index in [9.17, 15) is 4.79 Å². The number of benzene rings is 1. The average Bonchev–Trinajstić information content (AvgIpc) is 3.40. The molecule has 0 unspecified atom stereocenters. The van der Waals surface area contributed by atoms with Gasteiger partial charge in [-0.05, 0) is 37.1 Å². The Balaban J connectivity index is 1.46. The lowest BCUT2D eigenvalue weighted by atomic mass is 10.0. The molecule has 1 aliphatic rings. The van der Waals surface area contributed by atoms with Crippen LogP contribution < -0.4 is 16.1 Å². The topological polar surface area (TPSA) is 122 Å². The highest BCUT2D eigenvalue weighted by atomic mass is 35.5. The standard InChI is InChI=1S/C24H21ClN8O/c25-21-18(22(31-24(26)30-21)33-11-3-4-12-33)14-28-32-23(34)17-13-20(15-7-9-27-10-8-15)29-19-6-2-1-5-16(17)19/h1-2,5-10,13-14H,3-4,11-12H2,(H,32,34)(H2,26,30,31)/b28-14+. The third-order valence-corrected chi connectivity index (χ3v) is 5.89. The third kappa shape index (κ3) is 4.38. The summed E-state index contributed by atoms with van der Waals surface area (Å²) < 4.78 is 0. The molecule has 4 aromatic rings. The van der Waals surface area contributed by atoms with Crippen LogP contribution >= 0.6 is 11.6 Å². The fraction of sp³-hybridized carbons (Fsp3) is 0.167. The maximum Gasteiger partial charge on any atom is 0.272 e. The number of carbonyl (C=O) groups excluding carboxylic acids is 1. The van der Waals surface area contributed by atoms with Crippen LogP contribution in [0.4, 0.5) is 11.8 Å². The quantitative estimate of drug-likeness (QED) is 0.258. The molecule has 9 nitrogen and oxygen atoms in total. The number of nitrogen functional groups attached to an aromatic ring is 1. The minimum atomic E-state index is -0.375. The smallest absolute Gasteiger partial charge is 0.272 e. The van der Waals surface area contributed by atoms with Crippen molar-refractivity contribution in [1.82, 2.24) is 25.4 Å². The van der Waals surface area contributed by atoms with Crippen molar-refractivity contribution in [3.05, 3.63) is 71.1 Å². The summed E-state index contributed by atoms with van der Waals surface area (Å²) >= 11 is 6.34. The van der Waals surface area contributed by atoms with E-state index < -0.39 is 0 Å². The van der Waals surface area contributed by atoms with Gasteiger partial charge < -0.3 is 10.6 Å². The number of nitrogens with zero attached hydrogens (tertiary/aromatic N) is 6. The van der Waals surface area contributed by atoms with E-state index in [-0.39, 0.29) is 17.0 Å². The summed E-state index contributed by atoms with van der Waals surface area (Å²) in [6.07, 6.45) is 6.95. The summed E-state index contributed by atoms with van der Waals surface area (Å²) in [5, 5.41) is 5.07. The van der Waals surface area contributed by atoms with Crippen molar-refractivity contribution in [2.45, 2.75) is 12.8 Å². The molecule has 4 heterocycles. The van der Waals surface area contributed by atoms with E-state index in [0.717, 1.165) is 36.9 Å². The summed E-state index contributed by atoms with van der Waals surface area (Å²) in [6, 6.07) is 12.9. The Morgan fingerprint density at radius 3 is 2.65 bits per heavy atom. The Morgan fingerprint density at radius 2 is 1.85 bits per heavy atom. The molecule has 1 saturated heterocycles. The Kier molecular flexibility index (Phi) is 6.01. The first-order valence-corrected chi connectivity index (χ1v) is 11.2. The molecule has 5 rings (SSSR count). The van der Waals surface area contributed by atoms with E-state index in [4.69, 9.17) is 22.3 Å². The van der Waals surface area contributed by atoms with Crippen molar-refractivity contribution in [2.75, 3.05) is 23.7 Å². The number of aromatic nitrogens is 4. The number of hydrogen-bond acceptors (Lipinski definition) is 8. The molecule has 3 N–H and O–H groups in total. The number of amides is 1. The molecule has 10 heteroatoms. The second kappa shape index (κ2) is 9.40. The van der Waals surface area contributed by atoms with Gasteiger partial charge in [0.15, 0.2) is 0 Å². The van der Waals surface area contributed by atoms with Crippen molar-refractivity contribution in [1.29, 1.82) is 0 Å². The molecule has 1 aromatic carbocycles. The molecule has 3 aromatic heterocycles. The minimum Gasteiger partial charge on any atom is -0.368 e. The van der Waals surface area contributed by atoms with Crippen molar-refractivity contribution in [2.24, 2.45) is 5.10 Å². The number of halogens is 1. The number of rotatable bonds is 5. The van der Waals surface area contributed by atoms with Crippen LogP contribution in [0.15, 0.2) is 60.0 Å². The highest BCUT2D eigenvalue weighted by molar-refractivity contribution is 6.32. The molecule has 0 spiro atoms. The number of pyridine rings is 2. The van der Waals surface area contributed by atoms with E-state index in [1.807, 2.05) is 36.4 Å². The van der Waals surface area contributed by atoms with Crippen LogP contribution in [0.25, 0.3) is 22.2 Å². The lowest BCUT2D eigenvalue weighted by molar-refractivity contribution is 0.0956. The Labute approximate surface area is 200 Å². The Hall–Kier alpha value is -4.11. The average molecular weight is 473 g/mol. The molecule has 0 atom stereocenters. The zero-order chi connectivity index (χ0) is 23.5. The largest absolute Gasteiger partial charge is 0.368 e. The number of anilines is 2.